The molecule has 4 aliphatic rings. The van der Waals surface area contributed by atoms with Crippen LogP contribution in [0.4, 0.5) is 0 Å². The van der Waals surface area contributed by atoms with Crippen LogP contribution < -0.4 is 0 Å². The van der Waals surface area contributed by atoms with Gasteiger partial charge >= 0.3 is 11.9 Å². The number of carbonyl (C=O) groups excluding carboxylic acids is 2. The largest absolute Gasteiger partial charge is 0.481 e. The Balaban J connectivity index is 1.46. The van der Waals surface area contributed by atoms with E-state index in [2.05, 4.69) is 19.9 Å². The van der Waals surface area contributed by atoms with E-state index >= 15 is 0 Å². The van der Waals surface area contributed by atoms with Crippen molar-refractivity contribution in [1.29, 1.82) is 0 Å². The van der Waals surface area contributed by atoms with Crippen LogP contribution in [-0.2, 0) is 19.1 Å². The Morgan fingerprint density at radius 1 is 1.07 bits per heavy atom. The van der Waals surface area contributed by atoms with Gasteiger partial charge in [-0.3, -0.25) is 14.4 Å². The number of carbonyl (C=O) groups is 3. The second-order valence-electron chi connectivity index (χ2n) is 10.8. The molecule has 1 N–H and O–H groups in total. The second-order valence-corrected chi connectivity index (χ2v) is 10.8. The van der Waals surface area contributed by atoms with E-state index in [0.717, 1.165) is 38.5 Å². The molecule has 7 atom stereocenters. The molecule has 3 fully saturated rings. The van der Waals surface area contributed by atoms with E-state index in [9.17, 15) is 14.4 Å². The van der Waals surface area contributed by atoms with E-state index in [4.69, 9.17) is 9.84 Å². The molecule has 4 rings (SSSR count). The molecule has 4 aliphatic carbocycles. The Morgan fingerprint density at radius 2 is 1.83 bits per heavy atom. The van der Waals surface area contributed by atoms with Gasteiger partial charge in [-0.25, -0.2) is 0 Å². The number of Topliss-reactive ketones (excluding diaryl/α,β-unsaturated/α-hetero) is 1. The minimum Gasteiger partial charge on any atom is -0.481 e. The van der Waals surface area contributed by atoms with E-state index in [1.165, 1.54) is 18.4 Å². The molecule has 0 bridgehead atoms. The quantitative estimate of drug-likeness (QED) is 0.508. The summed E-state index contributed by atoms with van der Waals surface area (Å²) in [5.74, 6) is 1.22. The van der Waals surface area contributed by atoms with Crippen molar-refractivity contribution >= 4 is 17.7 Å². The van der Waals surface area contributed by atoms with Crippen LogP contribution in [0.3, 0.4) is 0 Å². The molecule has 0 unspecified atom stereocenters. The van der Waals surface area contributed by atoms with Gasteiger partial charge in [0.25, 0.3) is 0 Å². The summed E-state index contributed by atoms with van der Waals surface area (Å²) in [4.78, 5) is 35.0. The third kappa shape index (κ3) is 3.52. The molecule has 3 saturated carbocycles. The van der Waals surface area contributed by atoms with E-state index in [0.29, 0.717) is 23.5 Å². The van der Waals surface area contributed by atoms with Gasteiger partial charge in [-0.1, -0.05) is 25.5 Å². The molecule has 0 saturated heterocycles. The number of esters is 1. The molecule has 0 aromatic rings. The van der Waals surface area contributed by atoms with Crippen molar-refractivity contribution in [3.63, 3.8) is 0 Å². The highest BCUT2D eigenvalue weighted by Crippen LogP contribution is 2.66. The van der Waals surface area contributed by atoms with Gasteiger partial charge in [-0.2, -0.15) is 0 Å². The number of hydrogen-bond acceptors (Lipinski definition) is 4. The first kappa shape index (κ1) is 21.6. The third-order valence-corrected chi connectivity index (χ3v) is 9.39. The zero-order valence-electron chi connectivity index (χ0n) is 18.6. The third-order valence-electron chi connectivity index (χ3n) is 9.39. The van der Waals surface area contributed by atoms with Crippen molar-refractivity contribution in [1.82, 2.24) is 0 Å². The normalized spacial score (nSPS) is 42.4. The van der Waals surface area contributed by atoms with E-state index < -0.39 is 11.9 Å². The standard InChI is InChI=1S/C25H36O5/c1-15(26)19-6-7-20-18-5-4-16-14-17(30-23(29)9-8-22(27)28)10-12-24(16,2)21(18)11-13-25(19,20)3/h4,17-21H,5-14H2,1-3H3,(H,27,28)/t17-,18+,19+,20+,21-,24-,25+/m0/s1. The summed E-state index contributed by atoms with van der Waals surface area (Å²) in [5.41, 5.74) is 1.78. The van der Waals surface area contributed by atoms with Crippen LogP contribution in [0.5, 0.6) is 0 Å². The Bertz CT molecular complexity index is 770. The highest BCUT2D eigenvalue weighted by atomic mass is 16.5. The molecule has 5 heteroatoms. The number of hydrogen-bond donors (Lipinski definition) is 1. The van der Waals surface area contributed by atoms with Gasteiger partial charge in [0, 0.05) is 12.3 Å². The van der Waals surface area contributed by atoms with E-state index in [1.807, 2.05) is 0 Å². The van der Waals surface area contributed by atoms with Gasteiger partial charge in [0.2, 0.25) is 0 Å². The Kier molecular flexibility index (Phi) is 5.61. The molecule has 0 aromatic heterocycles. The summed E-state index contributed by atoms with van der Waals surface area (Å²) in [6.07, 6.45) is 10.4. The maximum atomic E-state index is 12.3. The summed E-state index contributed by atoms with van der Waals surface area (Å²) in [6, 6.07) is 0. The molecule has 0 aliphatic heterocycles. The number of carboxylic acids is 1. The highest BCUT2D eigenvalue weighted by Gasteiger charge is 2.59. The first-order chi connectivity index (χ1) is 14.1. The average Bonchev–Trinajstić information content (AvgIpc) is 3.04. The van der Waals surface area contributed by atoms with Gasteiger partial charge in [0.05, 0.1) is 12.8 Å². The number of ketones is 1. The predicted molar refractivity (Wildman–Crippen MR) is 113 cm³/mol. The first-order valence-electron chi connectivity index (χ1n) is 11.8. The topological polar surface area (TPSA) is 80.7 Å². The van der Waals surface area contributed by atoms with Crippen LogP contribution in [0, 0.1) is 34.5 Å². The zero-order chi connectivity index (χ0) is 21.7. The molecular formula is C25H36O5. The summed E-state index contributed by atoms with van der Waals surface area (Å²) in [6.45, 7) is 6.57. The van der Waals surface area contributed by atoms with Crippen molar-refractivity contribution in [2.45, 2.75) is 91.1 Å². The summed E-state index contributed by atoms with van der Waals surface area (Å²) < 4.78 is 5.62. The van der Waals surface area contributed by atoms with Crippen molar-refractivity contribution in [2.75, 3.05) is 0 Å². The first-order valence-corrected chi connectivity index (χ1v) is 11.8. The van der Waals surface area contributed by atoms with Crippen LogP contribution in [0.1, 0.15) is 85.0 Å². The van der Waals surface area contributed by atoms with Gasteiger partial charge in [-0.05, 0) is 80.5 Å². The lowest BCUT2D eigenvalue weighted by atomic mass is 9.47. The fraction of sp³-hybridized carbons (Fsp3) is 0.800. The maximum absolute atomic E-state index is 12.3. The van der Waals surface area contributed by atoms with Crippen molar-refractivity contribution in [2.24, 2.45) is 34.5 Å². The molecule has 0 radical (unpaired) electrons. The Morgan fingerprint density at radius 3 is 2.53 bits per heavy atom. The second kappa shape index (κ2) is 7.80. The average molecular weight is 417 g/mol. The van der Waals surface area contributed by atoms with Gasteiger partial charge < -0.3 is 9.84 Å². The van der Waals surface area contributed by atoms with Crippen LogP contribution >= 0.6 is 0 Å². The lowest BCUT2D eigenvalue weighted by Gasteiger charge is -2.58. The molecule has 0 heterocycles. The van der Waals surface area contributed by atoms with Crippen LogP contribution in [-0.4, -0.2) is 28.9 Å². The number of fused-ring (bicyclic) bond motifs is 5. The Labute approximate surface area is 179 Å². The fourth-order valence-electron chi connectivity index (χ4n) is 7.85. The fourth-order valence-corrected chi connectivity index (χ4v) is 7.85. The number of ether oxygens (including phenoxy) is 1. The number of aliphatic carboxylic acids is 1. The van der Waals surface area contributed by atoms with Crippen LogP contribution in [0.2, 0.25) is 0 Å². The smallest absolute Gasteiger partial charge is 0.306 e. The summed E-state index contributed by atoms with van der Waals surface area (Å²) in [7, 11) is 0. The van der Waals surface area contributed by atoms with Crippen molar-refractivity contribution in [3.8, 4) is 0 Å². The monoisotopic (exact) mass is 416 g/mol. The maximum Gasteiger partial charge on any atom is 0.306 e. The number of carboxylic acid groups (broad SMARTS) is 1. The van der Waals surface area contributed by atoms with Gasteiger partial charge in [-0.15, -0.1) is 0 Å². The zero-order valence-corrected chi connectivity index (χ0v) is 18.6. The van der Waals surface area contributed by atoms with Gasteiger partial charge in [0.1, 0.15) is 11.9 Å². The van der Waals surface area contributed by atoms with Gasteiger partial charge in [0.15, 0.2) is 0 Å². The number of allylic oxidation sites excluding steroid dienone is 1. The lowest BCUT2D eigenvalue weighted by Crippen LogP contribution is -2.51. The molecular weight excluding hydrogens is 380 g/mol. The molecule has 30 heavy (non-hydrogen) atoms. The van der Waals surface area contributed by atoms with E-state index in [-0.39, 0.29) is 35.7 Å². The lowest BCUT2D eigenvalue weighted by molar-refractivity contribution is -0.154. The summed E-state index contributed by atoms with van der Waals surface area (Å²) in [5, 5.41) is 8.76. The van der Waals surface area contributed by atoms with Crippen molar-refractivity contribution < 1.29 is 24.2 Å². The molecule has 0 aromatic carbocycles. The molecule has 5 nitrogen and oxygen atoms in total. The molecule has 0 spiro atoms. The highest BCUT2D eigenvalue weighted by molar-refractivity contribution is 5.79. The predicted octanol–water partition coefficient (Wildman–Crippen LogP) is 4.93. The van der Waals surface area contributed by atoms with Crippen LogP contribution in [0.15, 0.2) is 11.6 Å². The molecule has 0 amide bonds. The minimum atomic E-state index is -0.965. The summed E-state index contributed by atoms with van der Waals surface area (Å²) >= 11 is 0. The Hall–Kier alpha value is -1.65. The van der Waals surface area contributed by atoms with Crippen LogP contribution in [0.25, 0.3) is 0 Å². The van der Waals surface area contributed by atoms with E-state index in [1.54, 1.807) is 6.92 Å². The molecule has 166 valence electrons. The SMILES string of the molecule is CC(=O)[C@H]1CC[C@@H]2[C@H]3CC=C4C[C@@H](OC(=O)CCC(=O)O)CC[C@]4(C)[C@H]3CC[C@]12C. The number of rotatable bonds is 5. The van der Waals surface area contributed by atoms with Crippen molar-refractivity contribution in [3.05, 3.63) is 11.6 Å². The minimum absolute atomic E-state index is 0.0512.